The van der Waals surface area contributed by atoms with Gasteiger partial charge >= 0.3 is 0 Å². The molecule has 12 heavy (non-hydrogen) atoms. The van der Waals surface area contributed by atoms with Crippen molar-refractivity contribution in [2.75, 3.05) is 13.7 Å². The topological polar surface area (TPSA) is 41.5 Å². The normalized spacial score (nSPS) is 36.2. The lowest BCUT2D eigenvalue weighted by Crippen LogP contribution is -2.39. The van der Waals surface area contributed by atoms with E-state index in [-0.39, 0.29) is 18.8 Å². The van der Waals surface area contributed by atoms with Crippen LogP contribution in [0.15, 0.2) is 0 Å². The highest BCUT2D eigenvalue weighted by atomic mass is 16.5. The monoisotopic (exact) mass is 173 g/mol. The Balaban J connectivity index is 2.50. The summed E-state index contributed by atoms with van der Waals surface area (Å²) in [6.07, 6.45) is 1.19. The average Bonchev–Trinajstić information content (AvgIpc) is 2.47. The maximum atomic E-state index is 8.96. The Labute approximate surface area is 74.1 Å². The minimum absolute atomic E-state index is 0.211. The Hall–Kier alpha value is -0.120. The molecule has 1 rings (SSSR count). The van der Waals surface area contributed by atoms with Crippen LogP contribution >= 0.6 is 0 Å². The van der Waals surface area contributed by atoms with Gasteiger partial charge < -0.3 is 15.2 Å². The molecule has 0 amide bonds. The molecule has 0 aromatic carbocycles. The van der Waals surface area contributed by atoms with E-state index in [0.717, 1.165) is 6.42 Å². The molecule has 1 saturated heterocycles. The largest absolute Gasteiger partial charge is 0.395 e. The highest BCUT2D eigenvalue weighted by Crippen LogP contribution is 2.21. The summed E-state index contributed by atoms with van der Waals surface area (Å²) < 4.78 is 5.34. The van der Waals surface area contributed by atoms with Crippen molar-refractivity contribution in [1.29, 1.82) is 0 Å². The zero-order valence-electron chi connectivity index (χ0n) is 8.08. The predicted octanol–water partition coefficient (Wildman–Crippen LogP) is 0.380. The number of methoxy groups -OCH3 is 1. The first-order valence-corrected chi connectivity index (χ1v) is 4.58. The minimum Gasteiger partial charge on any atom is -0.395 e. The Bertz CT molecular complexity index is 138. The standard InChI is InChI=1S/C9H19NO2/c1-6(2)9-8(12-3)4-7(5-11)10-9/h6-11H,4-5H2,1-3H3/t7-,8+,9-/m0/s1. The smallest absolute Gasteiger partial charge is 0.0742 e. The first kappa shape index (κ1) is 9.96. The molecule has 1 fully saturated rings. The van der Waals surface area contributed by atoms with Crippen molar-refractivity contribution in [3.05, 3.63) is 0 Å². The molecule has 0 unspecified atom stereocenters. The summed E-state index contributed by atoms with van der Waals surface area (Å²) in [4.78, 5) is 0. The molecule has 0 saturated carbocycles. The predicted molar refractivity (Wildman–Crippen MR) is 48.0 cm³/mol. The van der Waals surface area contributed by atoms with Crippen molar-refractivity contribution in [3.63, 3.8) is 0 Å². The third-order valence-corrected chi connectivity index (χ3v) is 2.59. The SMILES string of the molecule is CO[C@@H]1C[C@@H](CO)N[C@H]1C(C)C. The zero-order valence-corrected chi connectivity index (χ0v) is 8.08. The quantitative estimate of drug-likeness (QED) is 0.648. The number of ether oxygens (including phenoxy) is 1. The van der Waals surface area contributed by atoms with Crippen LogP contribution < -0.4 is 5.32 Å². The third kappa shape index (κ3) is 1.97. The number of aliphatic hydroxyl groups excluding tert-OH is 1. The van der Waals surface area contributed by atoms with Gasteiger partial charge in [-0.25, -0.2) is 0 Å². The molecule has 0 aliphatic carbocycles. The Kier molecular flexibility index (Phi) is 3.50. The summed E-state index contributed by atoms with van der Waals surface area (Å²) >= 11 is 0. The van der Waals surface area contributed by atoms with Gasteiger partial charge in [-0.1, -0.05) is 13.8 Å². The van der Waals surface area contributed by atoms with E-state index < -0.39 is 0 Å². The maximum absolute atomic E-state index is 8.96. The molecule has 2 N–H and O–H groups in total. The van der Waals surface area contributed by atoms with Crippen LogP contribution in [0.4, 0.5) is 0 Å². The van der Waals surface area contributed by atoms with Crippen molar-refractivity contribution in [3.8, 4) is 0 Å². The Morgan fingerprint density at radius 1 is 1.58 bits per heavy atom. The molecular formula is C9H19NO2. The number of nitrogens with one attached hydrogen (secondary N) is 1. The average molecular weight is 173 g/mol. The lowest BCUT2D eigenvalue weighted by molar-refractivity contribution is 0.0774. The van der Waals surface area contributed by atoms with Crippen LogP contribution in [0, 0.1) is 5.92 Å². The summed E-state index contributed by atoms with van der Waals surface area (Å²) in [6, 6.07) is 0.620. The van der Waals surface area contributed by atoms with Crippen LogP contribution in [0.5, 0.6) is 0 Å². The fourth-order valence-electron chi connectivity index (χ4n) is 1.87. The number of aliphatic hydroxyl groups is 1. The summed E-state index contributed by atoms with van der Waals surface area (Å²) in [5.74, 6) is 0.562. The van der Waals surface area contributed by atoms with Crippen LogP contribution in [0.2, 0.25) is 0 Å². The Morgan fingerprint density at radius 2 is 2.25 bits per heavy atom. The second-order valence-corrected chi connectivity index (χ2v) is 3.83. The molecule has 1 heterocycles. The number of rotatable bonds is 3. The lowest BCUT2D eigenvalue weighted by atomic mass is 10.0. The highest BCUT2D eigenvalue weighted by molar-refractivity contribution is 4.92. The van der Waals surface area contributed by atoms with E-state index in [1.165, 1.54) is 0 Å². The summed E-state index contributed by atoms with van der Waals surface area (Å²) in [5, 5.41) is 12.3. The van der Waals surface area contributed by atoms with Crippen molar-refractivity contribution >= 4 is 0 Å². The minimum atomic E-state index is 0.211. The molecule has 1 aliphatic heterocycles. The first-order chi connectivity index (χ1) is 5.69. The van der Waals surface area contributed by atoms with Gasteiger partial charge in [0.1, 0.15) is 0 Å². The highest BCUT2D eigenvalue weighted by Gasteiger charge is 2.34. The van der Waals surface area contributed by atoms with E-state index in [0.29, 0.717) is 12.0 Å². The van der Waals surface area contributed by atoms with Crippen molar-refractivity contribution < 1.29 is 9.84 Å². The third-order valence-electron chi connectivity index (χ3n) is 2.59. The fraction of sp³-hybridized carbons (Fsp3) is 1.00. The molecule has 0 spiro atoms. The summed E-state index contributed by atoms with van der Waals surface area (Å²) in [7, 11) is 1.74. The number of hydrogen-bond acceptors (Lipinski definition) is 3. The molecular weight excluding hydrogens is 154 g/mol. The van der Waals surface area contributed by atoms with Gasteiger partial charge in [0.15, 0.2) is 0 Å². The molecule has 0 bridgehead atoms. The van der Waals surface area contributed by atoms with Gasteiger partial charge in [0.2, 0.25) is 0 Å². The first-order valence-electron chi connectivity index (χ1n) is 4.58. The summed E-state index contributed by atoms with van der Waals surface area (Å²) in [6.45, 7) is 4.55. The van der Waals surface area contributed by atoms with E-state index in [2.05, 4.69) is 19.2 Å². The van der Waals surface area contributed by atoms with E-state index in [4.69, 9.17) is 9.84 Å². The Morgan fingerprint density at radius 3 is 2.58 bits per heavy atom. The molecule has 72 valence electrons. The van der Waals surface area contributed by atoms with Gasteiger partial charge in [-0.3, -0.25) is 0 Å². The van der Waals surface area contributed by atoms with Gasteiger partial charge in [-0.2, -0.15) is 0 Å². The molecule has 0 aromatic rings. The second kappa shape index (κ2) is 4.21. The molecule has 3 atom stereocenters. The second-order valence-electron chi connectivity index (χ2n) is 3.83. The van der Waals surface area contributed by atoms with Crippen molar-refractivity contribution in [2.24, 2.45) is 5.92 Å². The van der Waals surface area contributed by atoms with E-state index in [9.17, 15) is 0 Å². The van der Waals surface area contributed by atoms with Crippen LogP contribution in [-0.4, -0.2) is 37.0 Å². The maximum Gasteiger partial charge on any atom is 0.0742 e. The van der Waals surface area contributed by atoms with Crippen LogP contribution in [0.1, 0.15) is 20.3 Å². The fourth-order valence-corrected chi connectivity index (χ4v) is 1.87. The van der Waals surface area contributed by atoms with E-state index >= 15 is 0 Å². The summed E-state index contributed by atoms with van der Waals surface area (Å²) in [5.41, 5.74) is 0. The lowest BCUT2D eigenvalue weighted by Gasteiger charge is -2.21. The van der Waals surface area contributed by atoms with Gasteiger partial charge in [0.25, 0.3) is 0 Å². The molecule has 1 aliphatic rings. The van der Waals surface area contributed by atoms with E-state index in [1.54, 1.807) is 7.11 Å². The molecule has 0 aromatic heterocycles. The van der Waals surface area contributed by atoms with Crippen molar-refractivity contribution in [2.45, 2.75) is 38.5 Å². The van der Waals surface area contributed by atoms with Crippen LogP contribution in [0.25, 0.3) is 0 Å². The van der Waals surface area contributed by atoms with Gasteiger partial charge in [-0.15, -0.1) is 0 Å². The molecule has 3 heteroatoms. The molecule has 0 radical (unpaired) electrons. The van der Waals surface area contributed by atoms with Crippen molar-refractivity contribution in [1.82, 2.24) is 5.32 Å². The zero-order chi connectivity index (χ0) is 9.14. The van der Waals surface area contributed by atoms with Gasteiger partial charge in [-0.05, 0) is 12.3 Å². The van der Waals surface area contributed by atoms with E-state index in [1.807, 2.05) is 0 Å². The molecule has 3 nitrogen and oxygen atoms in total. The number of hydrogen-bond donors (Lipinski definition) is 2. The van der Waals surface area contributed by atoms with Crippen LogP contribution in [-0.2, 0) is 4.74 Å². The van der Waals surface area contributed by atoms with Gasteiger partial charge in [0, 0.05) is 19.2 Å². The van der Waals surface area contributed by atoms with Crippen LogP contribution in [0.3, 0.4) is 0 Å². The van der Waals surface area contributed by atoms with Gasteiger partial charge in [0.05, 0.1) is 12.7 Å².